The molecule has 0 unspecified atom stereocenters. The first kappa shape index (κ1) is 14.6. The monoisotopic (exact) mass is 307 g/mol. The molecule has 0 bridgehead atoms. The molecule has 3 rings (SSSR count). The van der Waals surface area contributed by atoms with E-state index >= 15 is 0 Å². The molecule has 7 heteroatoms. The summed E-state index contributed by atoms with van der Waals surface area (Å²) < 4.78 is 0. The maximum Gasteiger partial charge on any atom is 0.270 e. The number of hydrogen-bond acceptors (Lipinski definition) is 5. The highest BCUT2D eigenvalue weighted by molar-refractivity contribution is 5.91. The lowest BCUT2D eigenvalue weighted by atomic mass is 10.1. The van der Waals surface area contributed by atoms with Crippen LogP contribution in [0.15, 0.2) is 59.9 Å². The summed E-state index contributed by atoms with van der Waals surface area (Å²) in [6.07, 6.45) is 2.64. The SMILES string of the molecule is O=C(NCc1cc(-c2ccccc2)ncn1)c1cc(=O)[nH]cn1. The standard InChI is InChI=1S/C16H13N5O2/c22-15-7-14(20-10-21-15)16(23)17-8-12-6-13(19-9-18-12)11-4-2-1-3-5-11/h1-7,9-10H,8H2,(H,17,23)(H,20,21,22). The third-order valence-corrected chi connectivity index (χ3v) is 3.13. The van der Waals surface area contributed by atoms with Crippen molar-refractivity contribution in [2.24, 2.45) is 0 Å². The lowest BCUT2D eigenvalue weighted by Crippen LogP contribution is -2.26. The van der Waals surface area contributed by atoms with Crippen LogP contribution in [-0.2, 0) is 6.54 Å². The number of nitrogens with one attached hydrogen (secondary N) is 2. The minimum atomic E-state index is -0.434. The molecule has 3 aromatic rings. The molecule has 2 aromatic heterocycles. The van der Waals surface area contributed by atoms with Crippen LogP contribution >= 0.6 is 0 Å². The molecule has 0 aliphatic carbocycles. The smallest absolute Gasteiger partial charge is 0.270 e. The van der Waals surface area contributed by atoms with E-state index in [1.54, 1.807) is 6.07 Å². The predicted molar refractivity (Wildman–Crippen MR) is 83.5 cm³/mol. The number of aromatic amines is 1. The van der Waals surface area contributed by atoms with Crippen LogP contribution in [0.1, 0.15) is 16.2 Å². The molecule has 7 nitrogen and oxygen atoms in total. The molecule has 0 aliphatic heterocycles. The van der Waals surface area contributed by atoms with E-state index in [-0.39, 0.29) is 17.8 Å². The number of rotatable bonds is 4. The van der Waals surface area contributed by atoms with Crippen molar-refractivity contribution in [1.29, 1.82) is 0 Å². The minimum absolute atomic E-state index is 0.0612. The number of carbonyl (C=O) groups excluding carboxylic acids is 1. The molecule has 1 aromatic carbocycles. The van der Waals surface area contributed by atoms with Crippen LogP contribution in [0.25, 0.3) is 11.3 Å². The Morgan fingerprint density at radius 3 is 2.70 bits per heavy atom. The molecule has 1 amide bonds. The van der Waals surface area contributed by atoms with E-state index in [1.807, 2.05) is 30.3 Å². The summed E-state index contributed by atoms with van der Waals surface area (Å²) >= 11 is 0. The van der Waals surface area contributed by atoms with Gasteiger partial charge in [-0.2, -0.15) is 0 Å². The van der Waals surface area contributed by atoms with Crippen molar-refractivity contribution in [3.05, 3.63) is 76.9 Å². The Morgan fingerprint density at radius 2 is 1.91 bits per heavy atom. The Labute approximate surface area is 131 Å². The second-order valence-electron chi connectivity index (χ2n) is 4.74. The quantitative estimate of drug-likeness (QED) is 0.753. The van der Waals surface area contributed by atoms with Crippen LogP contribution in [0.4, 0.5) is 0 Å². The van der Waals surface area contributed by atoms with Crippen LogP contribution in [0.3, 0.4) is 0 Å². The van der Waals surface area contributed by atoms with Crippen LogP contribution in [0, 0.1) is 0 Å². The van der Waals surface area contributed by atoms with Gasteiger partial charge in [0, 0.05) is 11.6 Å². The van der Waals surface area contributed by atoms with Crippen molar-refractivity contribution in [3.8, 4) is 11.3 Å². The molecule has 2 N–H and O–H groups in total. The van der Waals surface area contributed by atoms with E-state index in [2.05, 4.69) is 25.3 Å². The van der Waals surface area contributed by atoms with Gasteiger partial charge in [-0.1, -0.05) is 30.3 Å². The van der Waals surface area contributed by atoms with Crippen molar-refractivity contribution >= 4 is 5.91 Å². The largest absolute Gasteiger partial charge is 0.345 e. The van der Waals surface area contributed by atoms with Gasteiger partial charge in [0.25, 0.3) is 11.5 Å². The van der Waals surface area contributed by atoms with Gasteiger partial charge in [-0.05, 0) is 6.07 Å². The first-order chi connectivity index (χ1) is 11.2. The number of nitrogens with zero attached hydrogens (tertiary/aromatic N) is 3. The van der Waals surface area contributed by atoms with Crippen LogP contribution in [0.5, 0.6) is 0 Å². The third-order valence-electron chi connectivity index (χ3n) is 3.13. The lowest BCUT2D eigenvalue weighted by Gasteiger charge is -2.06. The topological polar surface area (TPSA) is 101 Å². The van der Waals surface area contributed by atoms with E-state index in [1.165, 1.54) is 12.7 Å². The normalized spacial score (nSPS) is 10.3. The summed E-state index contributed by atoms with van der Waals surface area (Å²) in [7, 11) is 0. The van der Waals surface area contributed by atoms with Crippen molar-refractivity contribution in [2.75, 3.05) is 0 Å². The molecular weight excluding hydrogens is 294 g/mol. The molecule has 0 aliphatic rings. The van der Waals surface area contributed by atoms with E-state index in [0.717, 1.165) is 17.3 Å². The first-order valence-electron chi connectivity index (χ1n) is 6.91. The highest BCUT2D eigenvalue weighted by atomic mass is 16.2. The van der Waals surface area contributed by atoms with E-state index in [4.69, 9.17) is 0 Å². The molecule has 0 fully saturated rings. The van der Waals surface area contributed by atoms with Gasteiger partial charge >= 0.3 is 0 Å². The zero-order valence-corrected chi connectivity index (χ0v) is 12.1. The van der Waals surface area contributed by atoms with E-state index < -0.39 is 5.91 Å². The third kappa shape index (κ3) is 3.65. The Bertz CT molecular complexity index is 877. The molecule has 114 valence electrons. The number of amides is 1. The van der Waals surface area contributed by atoms with Crippen molar-refractivity contribution in [2.45, 2.75) is 6.54 Å². The van der Waals surface area contributed by atoms with Gasteiger partial charge in [0.2, 0.25) is 0 Å². The fourth-order valence-electron chi connectivity index (χ4n) is 2.02. The van der Waals surface area contributed by atoms with E-state index in [9.17, 15) is 9.59 Å². The summed E-state index contributed by atoms with van der Waals surface area (Å²) in [6.45, 7) is 0.218. The molecule has 0 spiro atoms. The lowest BCUT2D eigenvalue weighted by molar-refractivity contribution is 0.0945. The van der Waals surface area contributed by atoms with Gasteiger partial charge in [0.15, 0.2) is 0 Å². The number of benzene rings is 1. The number of carbonyl (C=O) groups is 1. The highest BCUT2D eigenvalue weighted by Gasteiger charge is 2.08. The highest BCUT2D eigenvalue weighted by Crippen LogP contribution is 2.15. The van der Waals surface area contributed by atoms with Crippen molar-refractivity contribution in [1.82, 2.24) is 25.3 Å². The summed E-state index contributed by atoms with van der Waals surface area (Å²) in [5, 5.41) is 2.68. The van der Waals surface area contributed by atoms with Crippen molar-refractivity contribution in [3.63, 3.8) is 0 Å². The fourth-order valence-corrected chi connectivity index (χ4v) is 2.02. The van der Waals surface area contributed by atoms with Crippen molar-refractivity contribution < 1.29 is 4.79 Å². The summed E-state index contributed by atoms with van der Waals surface area (Å²) in [4.78, 5) is 37.7. The Balaban J connectivity index is 1.71. The first-order valence-corrected chi connectivity index (χ1v) is 6.91. The Hall–Kier alpha value is -3.35. The van der Waals surface area contributed by atoms with Gasteiger partial charge in [-0.15, -0.1) is 0 Å². The number of H-pyrrole nitrogens is 1. The number of aromatic nitrogens is 4. The zero-order valence-electron chi connectivity index (χ0n) is 12.1. The van der Waals surface area contributed by atoms with Gasteiger partial charge < -0.3 is 10.3 Å². The molecule has 2 heterocycles. The average Bonchev–Trinajstić information content (AvgIpc) is 2.61. The second-order valence-corrected chi connectivity index (χ2v) is 4.74. The molecule has 0 radical (unpaired) electrons. The maximum absolute atomic E-state index is 12.0. The average molecular weight is 307 g/mol. The Morgan fingerprint density at radius 1 is 1.09 bits per heavy atom. The van der Waals surface area contributed by atoms with Gasteiger partial charge in [0.1, 0.15) is 12.0 Å². The molecular formula is C16H13N5O2. The molecule has 0 saturated heterocycles. The van der Waals surface area contributed by atoms with Gasteiger partial charge in [0.05, 0.1) is 24.3 Å². The van der Waals surface area contributed by atoms with Crippen LogP contribution in [0.2, 0.25) is 0 Å². The minimum Gasteiger partial charge on any atom is -0.345 e. The number of hydrogen-bond donors (Lipinski definition) is 2. The summed E-state index contributed by atoms with van der Waals surface area (Å²) in [6, 6.07) is 12.6. The summed E-state index contributed by atoms with van der Waals surface area (Å²) in [5.41, 5.74) is 2.10. The predicted octanol–water partition coefficient (Wildman–Crippen LogP) is 1.16. The fraction of sp³-hybridized carbons (Fsp3) is 0.0625. The van der Waals surface area contributed by atoms with Gasteiger partial charge in [-0.3, -0.25) is 9.59 Å². The second kappa shape index (κ2) is 6.61. The van der Waals surface area contributed by atoms with Gasteiger partial charge in [-0.25, -0.2) is 15.0 Å². The maximum atomic E-state index is 12.0. The Kier molecular flexibility index (Phi) is 4.19. The van der Waals surface area contributed by atoms with Crippen LogP contribution < -0.4 is 10.9 Å². The van der Waals surface area contributed by atoms with Crippen LogP contribution in [-0.4, -0.2) is 25.8 Å². The molecule has 0 atom stereocenters. The zero-order chi connectivity index (χ0) is 16.1. The van der Waals surface area contributed by atoms with E-state index in [0.29, 0.717) is 5.69 Å². The molecule has 0 saturated carbocycles. The molecule has 23 heavy (non-hydrogen) atoms. The summed E-state index contributed by atoms with van der Waals surface area (Å²) in [5.74, 6) is -0.434.